The van der Waals surface area contributed by atoms with Crippen LogP contribution < -0.4 is 10.2 Å². The van der Waals surface area contributed by atoms with E-state index < -0.39 is 0 Å². The number of thioether (sulfide) groups is 1. The molecule has 2 heterocycles. The number of benzene rings is 3. The van der Waals surface area contributed by atoms with Crippen LogP contribution in [0.25, 0.3) is 0 Å². The van der Waals surface area contributed by atoms with Gasteiger partial charge in [0, 0.05) is 22.8 Å². The highest BCUT2D eigenvalue weighted by molar-refractivity contribution is 8.01. The summed E-state index contributed by atoms with van der Waals surface area (Å²) in [6.07, 6.45) is 2.03. The second kappa shape index (κ2) is 8.00. The summed E-state index contributed by atoms with van der Waals surface area (Å²) in [4.78, 5) is 28.5. The van der Waals surface area contributed by atoms with Crippen molar-refractivity contribution in [3.05, 3.63) is 89.5 Å². The maximum atomic E-state index is 12.8. The Hall–Kier alpha value is -3.05. The van der Waals surface area contributed by atoms with Crippen molar-refractivity contribution in [3.8, 4) is 0 Å². The largest absolute Gasteiger partial charge is 0.325 e. The molecule has 4 nitrogen and oxygen atoms in total. The lowest BCUT2D eigenvalue weighted by Gasteiger charge is -2.17. The molecule has 0 saturated carbocycles. The van der Waals surface area contributed by atoms with Crippen LogP contribution >= 0.6 is 11.8 Å². The lowest BCUT2D eigenvalue weighted by Crippen LogP contribution is -2.30. The maximum Gasteiger partial charge on any atom is 0.238 e. The number of hydrogen-bond acceptors (Lipinski definition) is 3. The number of carbonyl (C=O) groups is 2. The zero-order chi connectivity index (χ0) is 20.5. The lowest BCUT2D eigenvalue weighted by atomic mass is 10.1. The van der Waals surface area contributed by atoms with E-state index in [2.05, 4.69) is 23.5 Å². The van der Waals surface area contributed by atoms with Crippen LogP contribution in [-0.2, 0) is 28.9 Å². The summed E-state index contributed by atoms with van der Waals surface area (Å²) in [7, 11) is 0. The number of hydrogen-bond donors (Lipinski definition) is 1. The van der Waals surface area contributed by atoms with Gasteiger partial charge in [-0.1, -0.05) is 48.5 Å². The standard InChI is InChI=1S/C25H22N2O2S/c28-24(27-14-13-18-5-1-3-7-21(18)27)15-17-9-11-20(12-10-17)26-25(29)23-16-19-6-2-4-8-22(19)30-23/h1-12,23H,13-16H2,(H,26,29). The molecule has 2 aliphatic heterocycles. The number of nitrogens with one attached hydrogen (secondary N) is 1. The minimum atomic E-state index is -0.0983. The molecule has 0 aliphatic carbocycles. The van der Waals surface area contributed by atoms with Gasteiger partial charge < -0.3 is 10.2 Å². The van der Waals surface area contributed by atoms with Gasteiger partial charge in [-0.25, -0.2) is 0 Å². The Balaban J connectivity index is 1.19. The van der Waals surface area contributed by atoms with E-state index in [1.54, 1.807) is 11.8 Å². The van der Waals surface area contributed by atoms with Gasteiger partial charge in [0.15, 0.2) is 0 Å². The highest BCUT2D eigenvalue weighted by atomic mass is 32.2. The Morgan fingerprint density at radius 3 is 2.47 bits per heavy atom. The van der Waals surface area contributed by atoms with Crippen molar-refractivity contribution in [2.45, 2.75) is 29.4 Å². The quantitative estimate of drug-likeness (QED) is 0.685. The summed E-state index contributed by atoms with van der Waals surface area (Å²) < 4.78 is 0. The van der Waals surface area contributed by atoms with E-state index in [0.717, 1.165) is 36.3 Å². The normalized spacial score (nSPS) is 16.8. The second-order valence-corrected chi connectivity index (χ2v) is 8.95. The third-order valence-electron chi connectivity index (χ3n) is 5.70. The molecule has 0 radical (unpaired) electrons. The number of para-hydroxylation sites is 1. The van der Waals surface area contributed by atoms with E-state index in [1.807, 2.05) is 59.5 Å². The van der Waals surface area contributed by atoms with E-state index in [0.29, 0.717) is 6.42 Å². The van der Waals surface area contributed by atoms with Crippen molar-refractivity contribution in [1.29, 1.82) is 0 Å². The Bertz CT molecular complexity index is 1090. The third-order valence-corrected chi connectivity index (χ3v) is 7.02. The van der Waals surface area contributed by atoms with Crippen molar-refractivity contribution in [1.82, 2.24) is 0 Å². The molecule has 2 amide bonds. The molecule has 30 heavy (non-hydrogen) atoms. The topological polar surface area (TPSA) is 49.4 Å². The fourth-order valence-corrected chi connectivity index (χ4v) is 5.32. The highest BCUT2D eigenvalue weighted by Crippen LogP contribution is 2.37. The molecule has 5 heteroatoms. The molecule has 5 rings (SSSR count). The molecule has 1 N–H and O–H groups in total. The molecule has 1 atom stereocenters. The Labute approximate surface area is 180 Å². The van der Waals surface area contributed by atoms with E-state index in [1.165, 1.54) is 16.0 Å². The van der Waals surface area contributed by atoms with Gasteiger partial charge >= 0.3 is 0 Å². The zero-order valence-electron chi connectivity index (χ0n) is 16.5. The second-order valence-electron chi connectivity index (χ2n) is 7.71. The average Bonchev–Trinajstić information content (AvgIpc) is 3.39. The smallest absolute Gasteiger partial charge is 0.238 e. The molecule has 3 aromatic rings. The van der Waals surface area contributed by atoms with Crippen LogP contribution in [0, 0.1) is 0 Å². The van der Waals surface area contributed by atoms with Crippen LogP contribution in [-0.4, -0.2) is 23.6 Å². The van der Waals surface area contributed by atoms with Crippen LogP contribution in [0.5, 0.6) is 0 Å². The maximum absolute atomic E-state index is 12.8. The minimum absolute atomic E-state index is 0.0219. The van der Waals surface area contributed by atoms with Gasteiger partial charge in [0.2, 0.25) is 11.8 Å². The molecular weight excluding hydrogens is 392 g/mol. The van der Waals surface area contributed by atoms with E-state index >= 15 is 0 Å². The zero-order valence-corrected chi connectivity index (χ0v) is 17.3. The molecule has 0 spiro atoms. The molecule has 150 valence electrons. The average molecular weight is 415 g/mol. The summed E-state index contributed by atoms with van der Waals surface area (Å²) in [5.41, 5.74) is 5.21. The van der Waals surface area contributed by atoms with Gasteiger partial charge in [-0.15, -0.1) is 11.8 Å². The van der Waals surface area contributed by atoms with Crippen molar-refractivity contribution in [2.24, 2.45) is 0 Å². The van der Waals surface area contributed by atoms with Crippen LogP contribution in [0.2, 0.25) is 0 Å². The fourth-order valence-electron chi connectivity index (χ4n) is 4.12. The predicted octanol–water partition coefficient (Wildman–Crippen LogP) is 4.47. The van der Waals surface area contributed by atoms with Crippen molar-refractivity contribution in [2.75, 3.05) is 16.8 Å². The number of amides is 2. The van der Waals surface area contributed by atoms with Gasteiger partial charge in [0.05, 0.1) is 11.7 Å². The van der Waals surface area contributed by atoms with Gasteiger partial charge in [-0.3, -0.25) is 9.59 Å². The van der Waals surface area contributed by atoms with Gasteiger partial charge in [0.25, 0.3) is 0 Å². The summed E-state index contributed by atoms with van der Waals surface area (Å²) in [5, 5.41) is 2.91. The summed E-state index contributed by atoms with van der Waals surface area (Å²) in [5.74, 6) is 0.130. The van der Waals surface area contributed by atoms with Crippen LogP contribution in [0.15, 0.2) is 77.7 Å². The first-order valence-corrected chi connectivity index (χ1v) is 11.1. The van der Waals surface area contributed by atoms with Crippen LogP contribution in [0.1, 0.15) is 16.7 Å². The molecule has 3 aromatic carbocycles. The third kappa shape index (κ3) is 3.73. The van der Waals surface area contributed by atoms with E-state index in [-0.39, 0.29) is 17.1 Å². The minimum Gasteiger partial charge on any atom is -0.325 e. The SMILES string of the molecule is O=C(Nc1ccc(CC(=O)N2CCc3ccccc32)cc1)C1Cc2ccccc2S1. The van der Waals surface area contributed by atoms with Crippen LogP contribution in [0.3, 0.4) is 0 Å². The molecule has 1 unspecified atom stereocenters. The lowest BCUT2D eigenvalue weighted by molar-refractivity contribution is -0.118. The van der Waals surface area contributed by atoms with Crippen molar-refractivity contribution >= 4 is 35.0 Å². The molecule has 0 aromatic heterocycles. The number of nitrogens with zero attached hydrogens (tertiary/aromatic N) is 1. The Morgan fingerprint density at radius 1 is 0.933 bits per heavy atom. The fraction of sp³-hybridized carbons (Fsp3) is 0.200. The molecule has 2 aliphatic rings. The first-order chi connectivity index (χ1) is 14.7. The van der Waals surface area contributed by atoms with Gasteiger partial charge in [-0.05, 0) is 53.8 Å². The monoisotopic (exact) mass is 414 g/mol. The summed E-state index contributed by atoms with van der Waals surface area (Å²) in [6, 6.07) is 23.9. The first-order valence-electron chi connectivity index (χ1n) is 10.2. The Kier molecular flexibility index (Phi) is 5.05. The van der Waals surface area contributed by atoms with Crippen molar-refractivity contribution < 1.29 is 9.59 Å². The predicted molar refractivity (Wildman–Crippen MR) is 121 cm³/mol. The first kappa shape index (κ1) is 18.9. The molecule has 0 saturated heterocycles. The van der Waals surface area contributed by atoms with Crippen LogP contribution in [0.4, 0.5) is 11.4 Å². The molecule has 0 bridgehead atoms. The van der Waals surface area contributed by atoms with Crippen molar-refractivity contribution in [3.63, 3.8) is 0 Å². The van der Waals surface area contributed by atoms with E-state index in [4.69, 9.17) is 0 Å². The number of anilines is 2. The summed E-state index contributed by atoms with van der Waals surface area (Å²) >= 11 is 1.62. The number of carbonyl (C=O) groups excluding carboxylic acids is 2. The number of fused-ring (bicyclic) bond motifs is 2. The molecule has 0 fully saturated rings. The van der Waals surface area contributed by atoms with E-state index in [9.17, 15) is 9.59 Å². The van der Waals surface area contributed by atoms with Gasteiger partial charge in [0.1, 0.15) is 0 Å². The Morgan fingerprint density at radius 2 is 1.67 bits per heavy atom. The number of rotatable bonds is 4. The van der Waals surface area contributed by atoms with Gasteiger partial charge in [-0.2, -0.15) is 0 Å². The highest BCUT2D eigenvalue weighted by Gasteiger charge is 2.28. The molecular formula is C25H22N2O2S. The summed E-state index contributed by atoms with van der Waals surface area (Å²) in [6.45, 7) is 0.744.